The van der Waals surface area contributed by atoms with E-state index in [1.54, 1.807) is 0 Å². The maximum atomic E-state index is 12.8. The van der Waals surface area contributed by atoms with Crippen molar-refractivity contribution in [3.05, 3.63) is 28.8 Å². The van der Waals surface area contributed by atoms with Crippen LogP contribution in [0.3, 0.4) is 0 Å². The Hall–Kier alpha value is -0.830. The summed E-state index contributed by atoms with van der Waals surface area (Å²) in [6.45, 7) is 2.46. The van der Waals surface area contributed by atoms with E-state index in [1.807, 2.05) is 6.92 Å². The fourth-order valence-electron chi connectivity index (χ4n) is 0.853. The molecule has 1 N–H and O–H groups in total. The zero-order chi connectivity index (χ0) is 9.14. The van der Waals surface area contributed by atoms with Crippen molar-refractivity contribution in [2.45, 2.75) is 6.92 Å². The van der Waals surface area contributed by atoms with Crippen LogP contribution in [0.25, 0.3) is 0 Å². The maximum absolute atomic E-state index is 12.8. The van der Waals surface area contributed by atoms with Gasteiger partial charge in [-0.25, -0.2) is 8.78 Å². The van der Waals surface area contributed by atoms with E-state index in [-0.39, 0.29) is 5.02 Å². The molecule has 0 amide bonds. The Morgan fingerprint density at radius 2 is 2.08 bits per heavy atom. The highest BCUT2D eigenvalue weighted by atomic mass is 35.5. The predicted molar refractivity (Wildman–Crippen MR) is 45.5 cm³/mol. The molecule has 0 radical (unpaired) electrons. The number of benzene rings is 1. The minimum absolute atomic E-state index is 0.197. The molecule has 0 bridgehead atoms. The molecule has 0 aromatic heterocycles. The van der Waals surface area contributed by atoms with Gasteiger partial charge in [-0.1, -0.05) is 11.6 Å². The van der Waals surface area contributed by atoms with E-state index in [2.05, 4.69) is 5.32 Å². The molecule has 12 heavy (non-hydrogen) atoms. The van der Waals surface area contributed by atoms with Gasteiger partial charge in [0.25, 0.3) is 0 Å². The summed E-state index contributed by atoms with van der Waals surface area (Å²) >= 11 is 5.50. The third-order valence-electron chi connectivity index (χ3n) is 1.40. The van der Waals surface area contributed by atoms with Crippen LogP contribution in [0, 0.1) is 11.6 Å². The summed E-state index contributed by atoms with van der Waals surface area (Å²) in [4.78, 5) is 0. The standard InChI is InChI=1S/C8H8ClF2N/c1-2-12-6-4-3-5(10)8(11)7(6)9/h3-4,12H,2H2,1H3. The van der Waals surface area contributed by atoms with Crippen LogP contribution in [0.15, 0.2) is 12.1 Å². The lowest BCUT2D eigenvalue weighted by atomic mass is 10.3. The van der Waals surface area contributed by atoms with Crippen molar-refractivity contribution in [2.24, 2.45) is 0 Å². The minimum atomic E-state index is -1.00. The van der Waals surface area contributed by atoms with Crippen molar-refractivity contribution in [1.29, 1.82) is 0 Å². The first-order valence-corrected chi connectivity index (χ1v) is 3.92. The smallest absolute Gasteiger partial charge is 0.179 e. The summed E-state index contributed by atoms with van der Waals surface area (Å²) in [7, 11) is 0. The van der Waals surface area contributed by atoms with E-state index >= 15 is 0 Å². The molecule has 0 heterocycles. The number of hydrogen-bond acceptors (Lipinski definition) is 1. The third-order valence-corrected chi connectivity index (χ3v) is 1.77. The highest BCUT2D eigenvalue weighted by Crippen LogP contribution is 2.26. The minimum Gasteiger partial charge on any atom is -0.384 e. The summed E-state index contributed by atoms with van der Waals surface area (Å²) in [5, 5.41) is 2.61. The Morgan fingerprint density at radius 3 is 2.67 bits per heavy atom. The molecule has 0 atom stereocenters. The Labute approximate surface area is 74.3 Å². The quantitative estimate of drug-likeness (QED) is 0.709. The average molecular weight is 192 g/mol. The largest absolute Gasteiger partial charge is 0.384 e. The van der Waals surface area contributed by atoms with Crippen LogP contribution in [0.2, 0.25) is 5.02 Å². The summed E-state index contributed by atoms with van der Waals surface area (Å²) in [6.07, 6.45) is 0. The number of hydrogen-bond donors (Lipinski definition) is 1. The van der Waals surface area contributed by atoms with Gasteiger partial charge in [-0.05, 0) is 19.1 Å². The number of nitrogens with one attached hydrogen (secondary N) is 1. The fourth-order valence-corrected chi connectivity index (χ4v) is 1.07. The molecule has 1 nitrogen and oxygen atoms in total. The number of anilines is 1. The summed E-state index contributed by atoms with van der Waals surface area (Å²) in [5.41, 5.74) is 0.415. The first-order valence-electron chi connectivity index (χ1n) is 3.54. The van der Waals surface area contributed by atoms with Gasteiger partial charge in [0.1, 0.15) is 5.02 Å². The van der Waals surface area contributed by atoms with E-state index < -0.39 is 11.6 Å². The molecule has 0 aliphatic heterocycles. The molecule has 0 aliphatic carbocycles. The molecule has 1 aromatic carbocycles. The summed E-state index contributed by atoms with van der Waals surface area (Å²) in [6, 6.07) is 2.45. The number of rotatable bonds is 2. The van der Waals surface area contributed by atoms with Gasteiger partial charge in [0.05, 0.1) is 5.69 Å². The Bertz CT molecular complexity index is 289. The van der Waals surface area contributed by atoms with Crippen LogP contribution >= 0.6 is 11.6 Å². The molecule has 0 saturated carbocycles. The molecule has 0 unspecified atom stereocenters. The van der Waals surface area contributed by atoms with Gasteiger partial charge in [-0.3, -0.25) is 0 Å². The second kappa shape index (κ2) is 3.72. The number of halogens is 3. The SMILES string of the molecule is CCNc1ccc(F)c(F)c1Cl. The molecule has 0 aliphatic rings. The molecule has 0 spiro atoms. The second-order valence-electron chi connectivity index (χ2n) is 2.25. The lowest BCUT2D eigenvalue weighted by molar-refractivity contribution is 0.509. The molecular weight excluding hydrogens is 184 g/mol. The van der Waals surface area contributed by atoms with Crippen LogP contribution in [0.4, 0.5) is 14.5 Å². The lowest BCUT2D eigenvalue weighted by Crippen LogP contribution is -1.99. The monoisotopic (exact) mass is 191 g/mol. The third kappa shape index (κ3) is 1.67. The zero-order valence-corrected chi connectivity index (χ0v) is 7.25. The zero-order valence-electron chi connectivity index (χ0n) is 6.50. The Morgan fingerprint density at radius 1 is 1.42 bits per heavy atom. The fraction of sp³-hybridized carbons (Fsp3) is 0.250. The Balaban J connectivity index is 3.08. The van der Waals surface area contributed by atoms with Gasteiger partial charge >= 0.3 is 0 Å². The van der Waals surface area contributed by atoms with Crippen molar-refractivity contribution in [3.8, 4) is 0 Å². The second-order valence-corrected chi connectivity index (χ2v) is 2.63. The molecule has 66 valence electrons. The lowest BCUT2D eigenvalue weighted by Gasteiger charge is -2.05. The van der Waals surface area contributed by atoms with Gasteiger partial charge in [-0.2, -0.15) is 0 Å². The van der Waals surface area contributed by atoms with Crippen molar-refractivity contribution in [2.75, 3.05) is 11.9 Å². The van der Waals surface area contributed by atoms with Crippen LogP contribution < -0.4 is 5.32 Å². The highest BCUT2D eigenvalue weighted by Gasteiger charge is 2.09. The summed E-state index contributed by atoms with van der Waals surface area (Å²) < 4.78 is 25.3. The van der Waals surface area contributed by atoms with E-state index in [1.165, 1.54) is 6.07 Å². The normalized spacial score (nSPS) is 10.0. The van der Waals surface area contributed by atoms with Crippen molar-refractivity contribution >= 4 is 17.3 Å². The van der Waals surface area contributed by atoms with Gasteiger partial charge in [0, 0.05) is 6.54 Å². The highest BCUT2D eigenvalue weighted by molar-refractivity contribution is 6.33. The molecule has 4 heteroatoms. The van der Waals surface area contributed by atoms with Crippen LogP contribution in [0.1, 0.15) is 6.92 Å². The van der Waals surface area contributed by atoms with Gasteiger partial charge in [0.15, 0.2) is 11.6 Å². The predicted octanol–water partition coefficient (Wildman–Crippen LogP) is 3.05. The van der Waals surface area contributed by atoms with Crippen molar-refractivity contribution < 1.29 is 8.78 Å². The van der Waals surface area contributed by atoms with Crippen molar-refractivity contribution in [1.82, 2.24) is 0 Å². The van der Waals surface area contributed by atoms with Gasteiger partial charge in [0.2, 0.25) is 0 Å². The molecule has 1 rings (SSSR count). The van der Waals surface area contributed by atoms with Crippen LogP contribution in [0.5, 0.6) is 0 Å². The van der Waals surface area contributed by atoms with E-state index in [4.69, 9.17) is 11.6 Å². The van der Waals surface area contributed by atoms with Crippen LogP contribution in [-0.4, -0.2) is 6.54 Å². The molecule has 1 aromatic rings. The first kappa shape index (κ1) is 9.26. The first-order chi connectivity index (χ1) is 5.66. The van der Waals surface area contributed by atoms with E-state index in [0.29, 0.717) is 12.2 Å². The van der Waals surface area contributed by atoms with Crippen molar-refractivity contribution in [3.63, 3.8) is 0 Å². The topological polar surface area (TPSA) is 12.0 Å². The maximum Gasteiger partial charge on any atom is 0.179 e. The van der Waals surface area contributed by atoms with E-state index in [0.717, 1.165) is 6.07 Å². The molecule has 0 saturated heterocycles. The molecule has 0 fully saturated rings. The van der Waals surface area contributed by atoms with Gasteiger partial charge in [-0.15, -0.1) is 0 Å². The van der Waals surface area contributed by atoms with Crippen LogP contribution in [-0.2, 0) is 0 Å². The van der Waals surface area contributed by atoms with E-state index in [9.17, 15) is 8.78 Å². The molecular formula is C8H8ClF2N. The average Bonchev–Trinajstić information content (AvgIpc) is 2.07. The summed E-state index contributed by atoms with van der Waals surface area (Å²) in [5.74, 6) is -1.93. The Kier molecular flexibility index (Phi) is 2.87. The van der Waals surface area contributed by atoms with Gasteiger partial charge < -0.3 is 5.32 Å².